The zero-order valence-corrected chi connectivity index (χ0v) is 9.70. The third-order valence-corrected chi connectivity index (χ3v) is 2.28. The van der Waals surface area contributed by atoms with Crippen LogP contribution in [-0.4, -0.2) is 32.8 Å². The smallest absolute Gasteiger partial charge is 0.467 e. The monoisotopic (exact) mass is 242 g/mol. The average Bonchev–Trinajstić information content (AvgIpc) is 2.78. The Balaban J connectivity index is 2.87. The molecule has 1 atom stereocenters. The summed E-state index contributed by atoms with van der Waals surface area (Å²) in [6.07, 6.45) is 3.40. The van der Waals surface area contributed by atoms with Crippen LogP contribution in [0.3, 0.4) is 0 Å². The highest BCUT2D eigenvalue weighted by Crippen LogP contribution is 2.16. The minimum Gasteiger partial charge on any atom is -0.467 e. The fraction of sp³-hybridized carbons (Fsp3) is 0.667. The summed E-state index contributed by atoms with van der Waals surface area (Å²) in [5.74, 6) is -0.992. The Bertz CT molecular complexity index is 403. The Morgan fingerprint density at radius 3 is 2.88 bits per heavy atom. The van der Waals surface area contributed by atoms with Crippen molar-refractivity contribution in [3.8, 4) is 0 Å². The lowest BCUT2D eigenvalue weighted by Crippen LogP contribution is -2.21. The molecule has 0 saturated carbocycles. The first-order chi connectivity index (χ1) is 8.10. The number of ether oxygens (including phenoxy) is 1. The summed E-state index contributed by atoms with van der Waals surface area (Å²) in [5, 5.41) is 14.1. The van der Waals surface area contributed by atoms with Gasteiger partial charge < -0.3 is 14.9 Å². The predicted octanol–water partition coefficient (Wildman–Crippen LogP) is 1.09. The van der Waals surface area contributed by atoms with Crippen LogP contribution in [0.1, 0.15) is 32.2 Å². The van der Waals surface area contributed by atoms with E-state index in [0.29, 0.717) is 6.42 Å². The van der Waals surface area contributed by atoms with E-state index >= 15 is 0 Å². The van der Waals surface area contributed by atoms with E-state index in [1.807, 2.05) is 6.92 Å². The molecular formula is C9H14N4O4. The van der Waals surface area contributed by atoms with E-state index in [1.165, 1.54) is 18.1 Å². The van der Waals surface area contributed by atoms with Gasteiger partial charge in [-0.1, -0.05) is 24.7 Å². The van der Waals surface area contributed by atoms with Gasteiger partial charge in [0.1, 0.15) is 0 Å². The van der Waals surface area contributed by atoms with Gasteiger partial charge in [0.05, 0.1) is 7.11 Å². The Morgan fingerprint density at radius 1 is 1.71 bits per heavy atom. The third kappa shape index (κ3) is 3.23. The highest BCUT2D eigenvalue weighted by atomic mass is 16.6. The predicted molar refractivity (Wildman–Crippen MR) is 57.3 cm³/mol. The molecule has 0 aromatic carbocycles. The summed E-state index contributed by atoms with van der Waals surface area (Å²) in [6, 6.07) is -0.652. The fourth-order valence-corrected chi connectivity index (χ4v) is 1.39. The minimum atomic E-state index is -0.704. The number of carbonyl (C=O) groups excluding carboxylic acids is 1. The molecule has 17 heavy (non-hydrogen) atoms. The van der Waals surface area contributed by atoms with Gasteiger partial charge >= 0.3 is 11.9 Å². The number of unbranched alkanes of at least 4 members (excludes halogenated alkanes) is 1. The molecule has 1 rings (SSSR count). The maximum absolute atomic E-state index is 11.5. The second kappa shape index (κ2) is 5.92. The first-order valence-electron chi connectivity index (χ1n) is 5.23. The Hall–Kier alpha value is -1.99. The highest BCUT2D eigenvalue weighted by molar-refractivity contribution is 5.73. The summed E-state index contributed by atoms with van der Waals surface area (Å²) in [4.78, 5) is 24.8. The fourth-order valence-electron chi connectivity index (χ4n) is 1.39. The summed E-state index contributed by atoms with van der Waals surface area (Å²) >= 11 is 0. The van der Waals surface area contributed by atoms with E-state index in [2.05, 4.69) is 14.8 Å². The van der Waals surface area contributed by atoms with E-state index in [4.69, 9.17) is 0 Å². The normalized spacial score (nSPS) is 12.1. The van der Waals surface area contributed by atoms with E-state index < -0.39 is 22.9 Å². The van der Waals surface area contributed by atoms with Crippen LogP contribution in [0, 0.1) is 10.1 Å². The van der Waals surface area contributed by atoms with Crippen molar-refractivity contribution in [3.63, 3.8) is 0 Å². The summed E-state index contributed by atoms with van der Waals surface area (Å²) in [7, 11) is 1.27. The molecule has 0 aliphatic carbocycles. The molecule has 0 fully saturated rings. The quantitative estimate of drug-likeness (QED) is 0.420. The van der Waals surface area contributed by atoms with Crippen molar-refractivity contribution in [1.29, 1.82) is 0 Å². The van der Waals surface area contributed by atoms with Crippen molar-refractivity contribution in [2.24, 2.45) is 0 Å². The zero-order chi connectivity index (χ0) is 12.8. The number of aromatic nitrogens is 3. The Labute approximate surface area is 97.7 Å². The van der Waals surface area contributed by atoms with Crippen molar-refractivity contribution >= 4 is 11.9 Å². The van der Waals surface area contributed by atoms with E-state index in [0.717, 1.165) is 12.8 Å². The van der Waals surface area contributed by atoms with Gasteiger partial charge in [0.15, 0.2) is 6.04 Å². The lowest BCUT2D eigenvalue weighted by molar-refractivity contribution is -0.394. The van der Waals surface area contributed by atoms with Gasteiger partial charge in [0.2, 0.25) is 6.33 Å². The lowest BCUT2D eigenvalue weighted by Gasteiger charge is -2.10. The largest absolute Gasteiger partial charge is 0.490 e. The van der Waals surface area contributed by atoms with Crippen molar-refractivity contribution in [3.05, 3.63) is 16.4 Å². The van der Waals surface area contributed by atoms with Gasteiger partial charge in [-0.05, 0) is 11.3 Å². The molecule has 0 aliphatic heterocycles. The molecule has 0 bridgehead atoms. The van der Waals surface area contributed by atoms with Crippen LogP contribution < -0.4 is 0 Å². The molecule has 94 valence electrons. The topological polar surface area (TPSA) is 100 Å². The molecule has 0 saturated heterocycles. The molecule has 1 unspecified atom stereocenters. The molecule has 1 aromatic heterocycles. The molecule has 1 heterocycles. The molecule has 0 amide bonds. The van der Waals surface area contributed by atoms with E-state index in [-0.39, 0.29) is 0 Å². The Kier molecular flexibility index (Phi) is 4.56. The van der Waals surface area contributed by atoms with Crippen molar-refractivity contribution in [2.45, 2.75) is 32.2 Å². The maximum Gasteiger partial charge on any atom is 0.490 e. The van der Waals surface area contributed by atoms with Gasteiger partial charge in [-0.2, -0.15) is 4.68 Å². The zero-order valence-electron chi connectivity index (χ0n) is 9.70. The summed E-state index contributed by atoms with van der Waals surface area (Å²) < 4.78 is 5.82. The van der Waals surface area contributed by atoms with E-state index in [9.17, 15) is 14.9 Å². The Morgan fingerprint density at radius 2 is 2.41 bits per heavy atom. The number of carbonyl (C=O) groups is 1. The molecular weight excluding hydrogens is 228 g/mol. The van der Waals surface area contributed by atoms with Gasteiger partial charge in [-0.15, -0.1) is 0 Å². The molecule has 0 N–H and O–H groups in total. The van der Waals surface area contributed by atoms with Crippen LogP contribution in [0.2, 0.25) is 0 Å². The first-order valence-corrected chi connectivity index (χ1v) is 5.23. The number of rotatable bonds is 6. The average molecular weight is 242 g/mol. The molecule has 1 aromatic rings. The summed E-state index contributed by atoms with van der Waals surface area (Å²) in [6.45, 7) is 1.98. The number of hydrogen-bond donors (Lipinski definition) is 0. The van der Waals surface area contributed by atoms with Crippen LogP contribution >= 0.6 is 0 Å². The number of methoxy groups -OCH3 is 1. The van der Waals surface area contributed by atoms with Crippen LogP contribution in [-0.2, 0) is 9.53 Å². The van der Waals surface area contributed by atoms with Crippen molar-refractivity contribution < 1.29 is 14.5 Å². The number of hydrogen-bond acceptors (Lipinski definition) is 6. The summed E-state index contributed by atoms with van der Waals surface area (Å²) in [5.41, 5.74) is 0. The highest BCUT2D eigenvalue weighted by Gasteiger charge is 2.26. The maximum atomic E-state index is 11.5. The van der Waals surface area contributed by atoms with Gasteiger partial charge in [0, 0.05) is 5.10 Å². The molecule has 8 heteroatoms. The minimum absolute atomic E-state index is 0.474. The van der Waals surface area contributed by atoms with Crippen molar-refractivity contribution in [2.75, 3.05) is 7.11 Å². The third-order valence-electron chi connectivity index (χ3n) is 2.28. The molecule has 0 radical (unpaired) electrons. The van der Waals surface area contributed by atoms with E-state index in [1.54, 1.807) is 0 Å². The first kappa shape index (κ1) is 13.1. The van der Waals surface area contributed by atoms with Crippen LogP contribution in [0.4, 0.5) is 5.95 Å². The second-order valence-electron chi connectivity index (χ2n) is 3.46. The van der Waals surface area contributed by atoms with Gasteiger partial charge in [-0.25, -0.2) is 4.79 Å². The van der Waals surface area contributed by atoms with Gasteiger partial charge in [-0.3, -0.25) is 0 Å². The lowest BCUT2D eigenvalue weighted by atomic mass is 10.1. The molecule has 0 spiro atoms. The van der Waals surface area contributed by atoms with Crippen LogP contribution in [0.25, 0.3) is 0 Å². The number of esters is 1. The van der Waals surface area contributed by atoms with Crippen molar-refractivity contribution in [1.82, 2.24) is 14.8 Å². The number of nitro groups is 1. The van der Waals surface area contributed by atoms with Crippen LogP contribution in [0.5, 0.6) is 0 Å². The standard InChI is InChI=1S/C9H14N4O4/c1-3-4-5-7(8(14)17-2)12-6-10-9(11-12)13(15)16/h6-7H,3-5H2,1-2H3. The van der Waals surface area contributed by atoms with Gasteiger partial charge in [0.25, 0.3) is 0 Å². The number of nitrogens with zero attached hydrogens (tertiary/aromatic N) is 4. The second-order valence-corrected chi connectivity index (χ2v) is 3.46. The molecule has 0 aliphatic rings. The molecule has 8 nitrogen and oxygen atoms in total. The SMILES string of the molecule is CCCCC(C(=O)OC)n1cnc([N+](=O)[O-])n1. The van der Waals surface area contributed by atoms with Crippen LogP contribution in [0.15, 0.2) is 6.33 Å².